The molecule has 0 unspecified atom stereocenters. The van der Waals surface area contributed by atoms with Crippen LogP contribution in [0.4, 0.5) is 0 Å². The predicted molar refractivity (Wildman–Crippen MR) is 62.7 cm³/mol. The van der Waals surface area contributed by atoms with Crippen LogP contribution in [0.2, 0.25) is 0 Å². The van der Waals surface area contributed by atoms with Crippen LogP contribution in [-0.4, -0.2) is 25.7 Å². The third kappa shape index (κ3) is 5.61. The molecule has 0 aromatic carbocycles. The van der Waals surface area contributed by atoms with E-state index in [9.17, 15) is 0 Å². The average molecular weight is 198 g/mol. The molecule has 1 saturated carbocycles. The lowest BCUT2D eigenvalue weighted by Gasteiger charge is -2.16. The fraction of sp³-hybridized carbons (Fsp3) is 1.00. The summed E-state index contributed by atoms with van der Waals surface area (Å²) in [5, 5.41) is 7.09. The second-order valence-electron chi connectivity index (χ2n) is 4.39. The number of nitrogens with one attached hydrogen (secondary N) is 2. The summed E-state index contributed by atoms with van der Waals surface area (Å²) in [5.74, 6) is 0. The maximum absolute atomic E-state index is 3.66. The summed E-state index contributed by atoms with van der Waals surface area (Å²) in [6.45, 7) is 5.65. The van der Waals surface area contributed by atoms with Crippen LogP contribution >= 0.6 is 0 Å². The third-order valence-corrected chi connectivity index (χ3v) is 3.02. The standard InChI is InChI=1S/C12H26N2/c1-2-9-13-10-11-14-12-7-5-3-4-6-8-12/h12-14H,2-11H2,1H3. The average Bonchev–Trinajstić information content (AvgIpc) is 2.46. The molecule has 1 aliphatic carbocycles. The Balaban J connectivity index is 1.93. The fourth-order valence-corrected chi connectivity index (χ4v) is 2.15. The van der Waals surface area contributed by atoms with Gasteiger partial charge < -0.3 is 10.6 Å². The maximum atomic E-state index is 3.66. The molecule has 2 nitrogen and oxygen atoms in total. The summed E-state index contributed by atoms with van der Waals surface area (Å²) in [4.78, 5) is 0. The van der Waals surface area contributed by atoms with Gasteiger partial charge in [-0.2, -0.15) is 0 Å². The van der Waals surface area contributed by atoms with Crippen LogP contribution < -0.4 is 10.6 Å². The molecule has 1 fully saturated rings. The Hall–Kier alpha value is -0.0800. The smallest absolute Gasteiger partial charge is 0.00793 e. The minimum absolute atomic E-state index is 0.806. The van der Waals surface area contributed by atoms with Crippen LogP contribution in [0.5, 0.6) is 0 Å². The molecule has 2 N–H and O–H groups in total. The zero-order valence-corrected chi connectivity index (χ0v) is 9.65. The van der Waals surface area contributed by atoms with Crippen molar-refractivity contribution in [2.75, 3.05) is 19.6 Å². The SMILES string of the molecule is CCCNCCNC1CCCCCC1. The minimum atomic E-state index is 0.806. The molecule has 0 atom stereocenters. The summed E-state index contributed by atoms with van der Waals surface area (Å²) in [7, 11) is 0. The third-order valence-electron chi connectivity index (χ3n) is 3.02. The Morgan fingerprint density at radius 2 is 1.64 bits per heavy atom. The van der Waals surface area contributed by atoms with E-state index in [0.29, 0.717) is 0 Å². The van der Waals surface area contributed by atoms with Crippen molar-refractivity contribution in [1.82, 2.24) is 10.6 Å². The topological polar surface area (TPSA) is 24.1 Å². The van der Waals surface area contributed by atoms with Gasteiger partial charge in [-0.1, -0.05) is 32.6 Å². The summed E-state index contributed by atoms with van der Waals surface area (Å²) < 4.78 is 0. The highest BCUT2D eigenvalue weighted by atomic mass is 15.0. The van der Waals surface area contributed by atoms with E-state index in [-0.39, 0.29) is 0 Å². The monoisotopic (exact) mass is 198 g/mol. The molecular formula is C12H26N2. The van der Waals surface area contributed by atoms with Crippen LogP contribution in [0, 0.1) is 0 Å². The van der Waals surface area contributed by atoms with Gasteiger partial charge in [0.05, 0.1) is 0 Å². The van der Waals surface area contributed by atoms with Crippen molar-refractivity contribution < 1.29 is 0 Å². The van der Waals surface area contributed by atoms with Crippen LogP contribution in [-0.2, 0) is 0 Å². The summed E-state index contributed by atoms with van der Waals surface area (Å²) in [5.41, 5.74) is 0. The summed E-state index contributed by atoms with van der Waals surface area (Å²) in [6.07, 6.45) is 9.80. The van der Waals surface area contributed by atoms with Gasteiger partial charge in [0, 0.05) is 19.1 Å². The number of hydrogen-bond acceptors (Lipinski definition) is 2. The molecule has 0 saturated heterocycles. The highest BCUT2D eigenvalue weighted by Gasteiger charge is 2.10. The van der Waals surface area contributed by atoms with Gasteiger partial charge in [0.1, 0.15) is 0 Å². The number of hydrogen-bond donors (Lipinski definition) is 2. The lowest BCUT2D eigenvalue weighted by molar-refractivity contribution is 0.454. The van der Waals surface area contributed by atoms with E-state index in [2.05, 4.69) is 17.6 Å². The predicted octanol–water partition coefficient (Wildman–Crippen LogP) is 2.30. The van der Waals surface area contributed by atoms with Gasteiger partial charge in [-0.15, -0.1) is 0 Å². The van der Waals surface area contributed by atoms with Gasteiger partial charge >= 0.3 is 0 Å². The van der Waals surface area contributed by atoms with Gasteiger partial charge in [0.25, 0.3) is 0 Å². The quantitative estimate of drug-likeness (QED) is 0.505. The van der Waals surface area contributed by atoms with Gasteiger partial charge in [-0.25, -0.2) is 0 Å². The Morgan fingerprint density at radius 1 is 0.929 bits per heavy atom. The van der Waals surface area contributed by atoms with Crippen LogP contribution in [0.3, 0.4) is 0 Å². The first-order valence-corrected chi connectivity index (χ1v) is 6.37. The van der Waals surface area contributed by atoms with E-state index in [1.54, 1.807) is 0 Å². The van der Waals surface area contributed by atoms with E-state index >= 15 is 0 Å². The van der Waals surface area contributed by atoms with E-state index in [1.165, 1.54) is 44.9 Å². The Bertz CT molecular complexity index is 117. The second-order valence-corrected chi connectivity index (χ2v) is 4.39. The fourth-order valence-electron chi connectivity index (χ4n) is 2.15. The molecule has 0 bridgehead atoms. The van der Waals surface area contributed by atoms with Crippen molar-refractivity contribution >= 4 is 0 Å². The van der Waals surface area contributed by atoms with Crippen molar-refractivity contribution in [1.29, 1.82) is 0 Å². The van der Waals surface area contributed by atoms with Crippen LogP contribution in [0.1, 0.15) is 51.9 Å². The van der Waals surface area contributed by atoms with Crippen molar-refractivity contribution in [2.24, 2.45) is 0 Å². The van der Waals surface area contributed by atoms with Crippen molar-refractivity contribution in [2.45, 2.75) is 57.9 Å². The Labute approximate surface area is 88.8 Å². The van der Waals surface area contributed by atoms with Gasteiger partial charge in [-0.3, -0.25) is 0 Å². The molecule has 0 aliphatic heterocycles. The Morgan fingerprint density at radius 3 is 2.29 bits per heavy atom. The van der Waals surface area contributed by atoms with Gasteiger partial charge in [0.15, 0.2) is 0 Å². The number of rotatable bonds is 6. The van der Waals surface area contributed by atoms with E-state index in [1.807, 2.05) is 0 Å². The molecule has 1 rings (SSSR count). The van der Waals surface area contributed by atoms with Gasteiger partial charge in [-0.05, 0) is 25.8 Å². The second kappa shape index (κ2) is 8.25. The lowest BCUT2D eigenvalue weighted by atomic mass is 10.1. The maximum Gasteiger partial charge on any atom is 0.00793 e. The molecule has 1 aliphatic rings. The molecule has 0 aromatic rings. The molecule has 0 heterocycles. The van der Waals surface area contributed by atoms with E-state index in [0.717, 1.165) is 25.7 Å². The Kier molecular flexibility index (Phi) is 7.06. The molecule has 84 valence electrons. The molecule has 0 aromatic heterocycles. The minimum Gasteiger partial charge on any atom is -0.315 e. The highest BCUT2D eigenvalue weighted by Crippen LogP contribution is 2.16. The van der Waals surface area contributed by atoms with E-state index < -0.39 is 0 Å². The first-order valence-electron chi connectivity index (χ1n) is 6.37. The summed E-state index contributed by atoms with van der Waals surface area (Å²) >= 11 is 0. The first kappa shape index (κ1) is 12.0. The van der Waals surface area contributed by atoms with Gasteiger partial charge in [0.2, 0.25) is 0 Å². The van der Waals surface area contributed by atoms with Crippen LogP contribution in [0.25, 0.3) is 0 Å². The molecule has 2 heteroatoms. The largest absolute Gasteiger partial charge is 0.315 e. The molecule has 0 spiro atoms. The highest BCUT2D eigenvalue weighted by molar-refractivity contribution is 4.70. The van der Waals surface area contributed by atoms with Crippen molar-refractivity contribution in [3.63, 3.8) is 0 Å². The first-order chi connectivity index (χ1) is 6.93. The molecule has 0 amide bonds. The zero-order chi connectivity index (χ0) is 10.1. The van der Waals surface area contributed by atoms with Crippen molar-refractivity contribution in [3.05, 3.63) is 0 Å². The van der Waals surface area contributed by atoms with E-state index in [4.69, 9.17) is 0 Å². The normalized spacial score (nSPS) is 19.5. The molecule has 14 heavy (non-hydrogen) atoms. The van der Waals surface area contributed by atoms with Crippen molar-refractivity contribution in [3.8, 4) is 0 Å². The lowest BCUT2D eigenvalue weighted by Crippen LogP contribution is -2.35. The summed E-state index contributed by atoms with van der Waals surface area (Å²) in [6, 6.07) is 0.806. The molecule has 0 radical (unpaired) electrons. The molecular weight excluding hydrogens is 172 g/mol. The van der Waals surface area contributed by atoms with Crippen LogP contribution in [0.15, 0.2) is 0 Å². The zero-order valence-electron chi connectivity index (χ0n) is 9.65.